The molecule has 0 radical (unpaired) electrons. The molecular formula is C16H19BrF3N. The first kappa shape index (κ1) is 15.2. The van der Waals surface area contributed by atoms with Crippen LogP contribution in [0.4, 0.5) is 18.9 Å². The van der Waals surface area contributed by atoms with Crippen molar-refractivity contribution in [3.05, 3.63) is 28.2 Å². The second-order valence-electron chi connectivity index (χ2n) is 6.46. The maximum absolute atomic E-state index is 13.1. The van der Waals surface area contributed by atoms with Gasteiger partial charge in [0.15, 0.2) is 0 Å². The molecule has 0 heterocycles. The summed E-state index contributed by atoms with van der Waals surface area (Å²) in [5.74, 6) is 2.00. The lowest BCUT2D eigenvalue weighted by molar-refractivity contribution is -0.137. The summed E-state index contributed by atoms with van der Waals surface area (Å²) in [6.07, 6.45) is 0.650. The second-order valence-corrected chi connectivity index (χ2v) is 7.38. The van der Waals surface area contributed by atoms with Crippen LogP contribution in [0.2, 0.25) is 0 Å². The minimum Gasteiger partial charge on any atom is -0.382 e. The molecule has 0 aliphatic heterocycles. The Morgan fingerprint density at radius 1 is 1.24 bits per heavy atom. The standard InChI is InChI=1S/C16H19BrF3N/c1-9(13-7-10-2-3-11(13)6-10)21-15-8-12(17)4-5-14(15)16(18,19)20/h4-5,8-11,13,21H,2-3,6-7H2,1H3. The topological polar surface area (TPSA) is 12.0 Å². The Balaban J connectivity index is 1.79. The van der Waals surface area contributed by atoms with Crippen LogP contribution in [0.15, 0.2) is 22.7 Å². The molecule has 4 unspecified atom stereocenters. The number of anilines is 1. The monoisotopic (exact) mass is 361 g/mol. The molecule has 0 saturated heterocycles. The van der Waals surface area contributed by atoms with E-state index in [9.17, 15) is 13.2 Å². The fourth-order valence-corrected chi connectivity index (χ4v) is 4.50. The molecule has 3 rings (SSSR count). The van der Waals surface area contributed by atoms with E-state index in [4.69, 9.17) is 0 Å². The highest BCUT2D eigenvalue weighted by atomic mass is 79.9. The van der Waals surface area contributed by atoms with E-state index in [1.165, 1.54) is 31.4 Å². The molecule has 21 heavy (non-hydrogen) atoms. The number of halogens is 4. The van der Waals surface area contributed by atoms with Crippen molar-refractivity contribution in [3.63, 3.8) is 0 Å². The predicted molar refractivity (Wildman–Crippen MR) is 81.2 cm³/mol. The summed E-state index contributed by atoms with van der Waals surface area (Å²) in [5.41, 5.74) is -0.396. The first-order chi connectivity index (χ1) is 9.84. The normalized spacial score (nSPS) is 29.7. The van der Waals surface area contributed by atoms with Gasteiger partial charge in [0, 0.05) is 16.2 Å². The fourth-order valence-electron chi connectivity index (χ4n) is 4.14. The molecule has 1 N–H and O–H groups in total. The molecule has 5 heteroatoms. The molecule has 1 aromatic carbocycles. The third-order valence-corrected chi connectivity index (χ3v) is 5.60. The molecular weight excluding hydrogens is 343 g/mol. The molecule has 116 valence electrons. The van der Waals surface area contributed by atoms with Gasteiger partial charge in [0.25, 0.3) is 0 Å². The molecule has 1 nitrogen and oxygen atoms in total. The third kappa shape index (κ3) is 3.08. The minimum atomic E-state index is -4.32. The summed E-state index contributed by atoms with van der Waals surface area (Å²) >= 11 is 3.26. The van der Waals surface area contributed by atoms with Crippen molar-refractivity contribution in [1.29, 1.82) is 0 Å². The third-order valence-electron chi connectivity index (χ3n) is 5.11. The van der Waals surface area contributed by atoms with E-state index in [1.807, 2.05) is 6.92 Å². The average molecular weight is 362 g/mol. The summed E-state index contributed by atoms with van der Waals surface area (Å²) in [4.78, 5) is 0. The van der Waals surface area contributed by atoms with Gasteiger partial charge >= 0.3 is 6.18 Å². The molecule has 4 atom stereocenters. The second kappa shape index (κ2) is 5.49. The van der Waals surface area contributed by atoms with Gasteiger partial charge in [-0.3, -0.25) is 0 Å². The van der Waals surface area contributed by atoms with E-state index in [0.717, 1.165) is 18.4 Å². The molecule has 2 aliphatic rings. The lowest BCUT2D eigenvalue weighted by atomic mass is 9.84. The van der Waals surface area contributed by atoms with E-state index >= 15 is 0 Å². The molecule has 0 aromatic heterocycles. The molecule has 2 aliphatic carbocycles. The minimum absolute atomic E-state index is 0.0794. The van der Waals surface area contributed by atoms with Crippen LogP contribution in [-0.2, 0) is 6.18 Å². The molecule has 2 bridgehead atoms. The summed E-state index contributed by atoms with van der Waals surface area (Å²) in [6, 6.07) is 4.19. The Morgan fingerprint density at radius 3 is 2.57 bits per heavy atom. The summed E-state index contributed by atoms with van der Waals surface area (Å²) in [5, 5.41) is 3.13. The number of fused-ring (bicyclic) bond motifs is 2. The van der Waals surface area contributed by atoms with E-state index < -0.39 is 11.7 Å². The van der Waals surface area contributed by atoms with Gasteiger partial charge in [0.05, 0.1) is 5.56 Å². The van der Waals surface area contributed by atoms with Crippen LogP contribution in [0.5, 0.6) is 0 Å². The lowest BCUT2D eigenvalue weighted by Gasteiger charge is -2.30. The predicted octanol–water partition coefficient (Wildman–Crippen LogP) is 5.70. The Bertz CT molecular complexity index is 529. The number of benzene rings is 1. The number of hydrogen-bond donors (Lipinski definition) is 1. The van der Waals surface area contributed by atoms with Crippen molar-refractivity contribution in [3.8, 4) is 0 Å². The van der Waals surface area contributed by atoms with Gasteiger partial charge in [-0.05, 0) is 62.1 Å². The summed E-state index contributed by atoms with van der Waals surface area (Å²) in [6.45, 7) is 2.02. The number of alkyl halides is 3. The van der Waals surface area contributed by atoms with Gasteiger partial charge in [-0.1, -0.05) is 22.4 Å². The van der Waals surface area contributed by atoms with Crippen LogP contribution >= 0.6 is 15.9 Å². The summed E-state index contributed by atoms with van der Waals surface area (Å²) < 4.78 is 40.0. The lowest BCUT2D eigenvalue weighted by Crippen LogP contribution is -2.30. The smallest absolute Gasteiger partial charge is 0.382 e. The van der Waals surface area contributed by atoms with Crippen molar-refractivity contribution in [1.82, 2.24) is 0 Å². The number of hydrogen-bond acceptors (Lipinski definition) is 1. The SMILES string of the molecule is CC(Nc1cc(Br)ccc1C(F)(F)F)C1CC2CCC1C2. The first-order valence-corrected chi connectivity index (χ1v) is 8.27. The van der Waals surface area contributed by atoms with Crippen molar-refractivity contribution in [2.24, 2.45) is 17.8 Å². The van der Waals surface area contributed by atoms with Gasteiger partial charge in [-0.25, -0.2) is 0 Å². The Morgan fingerprint density at radius 2 is 2.00 bits per heavy atom. The van der Waals surface area contributed by atoms with Crippen LogP contribution in [-0.4, -0.2) is 6.04 Å². The quantitative estimate of drug-likeness (QED) is 0.727. The van der Waals surface area contributed by atoms with E-state index in [2.05, 4.69) is 21.2 Å². The molecule has 1 aromatic rings. The Labute approximate surface area is 131 Å². The van der Waals surface area contributed by atoms with Crippen molar-refractivity contribution in [2.75, 3.05) is 5.32 Å². The van der Waals surface area contributed by atoms with Gasteiger partial charge < -0.3 is 5.32 Å². The maximum Gasteiger partial charge on any atom is 0.418 e. The summed E-state index contributed by atoms with van der Waals surface area (Å²) in [7, 11) is 0. The zero-order chi connectivity index (χ0) is 15.2. The highest BCUT2D eigenvalue weighted by Crippen LogP contribution is 2.50. The van der Waals surface area contributed by atoms with Gasteiger partial charge in [-0.15, -0.1) is 0 Å². The molecule has 2 saturated carbocycles. The first-order valence-electron chi connectivity index (χ1n) is 7.48. The Hall–Kier alpha value is -0.710. The highest BCUT2D eigenvalue weighted by Gasteiger charge is 2.42. The van der Waals surface area contributed by atoms with Gasteiger partial charge in [0.2, 0.25) is 0 Å². The zero-order valence-corrected chi connectivity index (χ0v) is 13.5. The molecule has 0 spiro atoms. The van der Waals surface area contributed by atoms with Crippen LogP contribution in [0.3, 0.4) is 0 Å². The molecule has 0 amide bonds. The van der Waals surface area contributed by atoms with Crippen molar-refractivity contribution < 1.29 is 13.2 Å². The van der Waals surface area contributed by atoms with E-state index in [1.54, 1.807) is 0 Å². The van der Waals surface area contributed by atoms with Crippen LogP contribution in [0, 0.1) is 17.8 Å². The van der Waals surface area contributed by atoms with Crippen molar-refractivity contribution in [2.45, 2.75) is 44.8 Å². The van der Waals surface area contributed by atoms with Gasteiger partial charge in [0.1, 0.15) is 0 Å². The fraction of sp³-hybridized carbons (Fsp3) is 0.625. The average Bonchev–Trinajstić information content (AvgIpc) is 2.99. The van der Waals surface area contributed by atoms with Crippen LogP contribution in [0.1, 0.15) is 38.2 Å². The van der Waals surface area contributed by atoms with E-state index in [-0.39, 0.29) is 11.7 Å². The Kier molecular flexibility index (Phi) is 3.97. The number of rotatable bonds is 3. The van der Waals surface area contributed by atoms with Crippen molar-refractivity contribution >= 4 is 21.6 Å². The van der Waals surface area contributed by atoms with Crippen LogP contribution < -0.4 is 5.32 Å². The van der Waals surface area contributed by atoms with Crippen LogP contribution in [0.25, 0.3) is 0 Å². The van der Waals surface area contributed by atoms with E-state index in [0.29, 0.717) is 16.3 Å². The largest absolute Gasteiger partial charge is 0.418 e. The highest BCUT2D eigenvalue weighted by molar-refractivity contribution is 9.10. The molecule has 2 fully saturated rings. The zero-order valence-electron chi connectivity index (χ0n) is 11.9. The maximum atomic E-state index is 13.1. The number of nitrogens with one attached hydrogen (secondary N) is 1. The van der Waals surface area contributed by atoms with Gasteiger partial charge in [-0.2, -0.15) is 13.2 Å².